The van der Waals surface area contributed by atoms with E-state index < -0.39 is 11.5 Å². The lowest BCUT2D eigenvalue weighted by molar-refractivity contribution is 0.100. The number of para-hydroxylation sites is 1. The third-order valence-electron chi connectivity index (χ3n) is 4.39. The molecule has 4 rings (SSSR count). The number of hydrogen-bond acceptors (Lipinski definition) is 7. The van der Waals surface area contributed by atoms with Gasteiger partial charge in [-0.15, -0.1) is 11.3 Å². The summed E-state index contributed by atoms with van der Waals surface area (Å²) in [6.07, 6.45) is 1.45. The van der Waals surface area contributed by atoms with Crippen molar-refractivity contribution in [3.63, 3.8) is 0 Å². The van der Waals surface area contributed by atoms with E-state index in [1.807, 2.05) is 6.07 Å². The molecule has 0 aliphatic heterocycles. The van der Waals surface area contributed by atoms with Crippen LogP contribution in [0.4, 0.5) is 5.69 Å². The molecule has 7 nitrogen and oxygen atoms in total. The van der Waals surface area contributed by atoms with Gasteiger partial charge < -0.3 is 15.5 Å². The van der Waals surface area contributed by atoms with E-state index in [2.05, 4.69) is 32.3 Å². The monoisotopic (exact) mass is 492 g/mol. The van der Waals surface area contributed by atoms with Gasteiger partial charge in [0.15, 0.2) is 0 Å². The van der Waals surface area contributed by atoms with Crippen LogP contribution in [0.15, 0.2) is 73.8 Å². The van der Waals surface area contributed by atoms with E-state index in [0.29, 0.717) is 33.1 Å². The van der Waals surface area contributed by atoms with Gasteiger partial charge in [0.2, 0.25) is 0 Å². The molecule has 1 amide bonds. The van der Waals surface area contributed by atoms with Gasteiger partial charge in [0.25, 0.3) is 5.91 Å². The van der Waals surface area contributed by atoms with Crippen LogP contribution in [-0.2, 0) is 0 Å². The molecule has 0 saturated heterocycles. The fourth-order valence-electron chi connectivity index (χ4n) is 2.91. The maximum absolute atomic E-state index is 12.4. The van der Waals surface area contributed by atoms with Crippen molar-refractivity contribution in [1.29, 1.82) is 5.26 Å². The number of aromatic nitrogens is 1. The molecule has 0 radical (unpaired) electrons. The average Bonchev–Trinajstić information content (AvgIpc) is 3.24. The number of primary amides is 1. The van der Waals surface area contributed by atoms with Crippen molar-refractivity contribution in [2.24, 2.45) is 5.73 Å². The topological polar surface area (TPSA) is 122 Å². The van der Waals surface area contributed by atoms with E-state index >= 15 is 0 Å². The summed E-state index contributed by atoms with van der Waals surface area (Å²) in [5, 5.41) is 15.4. The quantitative estimate of drug-likeness (QED) is 0.306. The standard InChI is InChI=1S/C22H13BrN4O3S/c23-14-5-6-19-12(7-14)8-16(22(29)30-19)18-11-31-21(27-18)13(9-24)10-26-17-4-2-1-3-15(17)20(25)28/h1-8,10-11,26H,(H2,25,28)/b13-10+. The van der Waals surface area contributed by atoms with Crippen LogP contribution in [0.5, 0.6) is 0 Å². The number of thiazole rings is 1. The zero-order valence-electron chi connectivity index (χ0n) is 15.8. The van der Waals surface area contributed by atoms with Gasteiger partial charge in [-0.1, -0.05) is 28.1 Å². The van der Waals surface area contributed by atoms with Crippen molar-refractivity contribution < 1.29 is 9.21 Å². The first-order valence-corrected chi connectivity index (χ1v) is 10.6. The summed E-state index contributed by atoms with van der Waals surface area (Å²) < 4.78 is 6.25. The number of nitrogens with one attached hydrogen (secondary N) is 1. The predicted octanol–water partition coefficient (Wildman–Crippen LogP) is 4.75. The summed E-state index contributed by atoms with van der Waals surface area (Å²) in [5.41, 5.74) is 7.07. The smallest absolute Gasteiger partial charge is 0.345 e. The second kappa shape index (κ2) is 8.55. The fraction of sp³-hybridized carbons (Fsp3) is 0. The number of hydrogen-bond donors (Lipinski definition) is 2. The average molecular weight is 493 g/mol. The number of fused-ring (bicyclic) bond motifs is 1. The molecule has 31 heavy (non-hydrogen) atoms. The molecule has 0 spiro atoms. The van der Waals surface area contributed by atoms with Crippen LogP contribution in [-0.4, -0.2) is 10.9 Å². The van der Waals surface area contributed by atoms with Crippen LogP contribution < -0.4 is 16.7 Å². The van der Waals surface area contributed by atoms with Crippen molar-refractivity contribution in [2.75, 3.05) is 5.32 Å². The predicted molar refractivity (Wildman–Crippen MR) is 123 cm³/mol. The molecule has 0 unspecified atom stereocenters. The molecular weight excluding hydrogens is 480 g/mol. The lowest BCUT2D eigenvalue weighted by atomic mass is 10.1. The molecule has 2 heterocycles. The first-order chi connectivity index (χ1) is 15.0. The molecule has 0 aliphatic rings. The van der Waals surface area contributed by atoms with Gasteiger partial charge in [0, 0.05) is 21.4 Å². The van der Waals surface area contributed by atoms with E-state index in [1.165, 1.54) is 17.5 Å². The molecule has 2 aromatic carbocycles. The molecule has 0 aliphatic carbocycles. The number of anilines is 1. The summed E-state index contributed by atoms with van der Waals surface area (Å²) in [7, 11) is 0. The number of halogens is 1. The van der Waals surface area contributed by atoms with Gasteiger partial charge in [-0.2, -0.15) is 5.26 Å². The van der Waals surface area contributed by atoms with Gasteiger partial charge in [0.05, 0.1) is 22.5 Å². The van der Waals surface area contributed by atoms with Gasteiger partial charge in [-0.3, -0.25) is 4.79 Å². The Labute approximate surface area is 188 Å². The molecule has 0 saturated carbocycles. The molecule has 152 valence electrons. The van der Waals surface area contributed by atoms with Crippen LogP contribution in [0.2, 0.25) is 0 Å². The Morgan fingerprint density at radius 1 is 1.26 bits per heavy atom. The summed E-state index contributed by atoms with van der Waals surface area (Å²) >= 11 is 4.62. The van der Waals surface area contributed by atoms with Gasteiger partial charge >= 0.3 is 5.63 Å². The maximum atomic E-state index is 12.4. The van der Waals surface area contributed by atoms with E-state index in [1.54, 1.807) is 47.8 Å². The first-order valence-electron chi connectivity index (χ1n) is 8.91. The number of carbonyl (C=O) groups excluding carboxylic acids is 1. The molecule has 0 bridgehead atoms. The molecule has 0 atom stereocenters. The Morgan fingerprint density at radius 3 is 2.84 bits per heavy atom. The minimum absolute atomic E-state index is 0.239. The van der Waals surface area contributed by atoms with Gasteiger partial charge in [-0.25, -0.2) is 9.78 Å². The number of nitrogens with two attached hydrogens (primary N) is 1. The normalized spacial score (nSPS) is 11.3. The molecule has 4 aromatic rings. The Kier molecular flexibility index (Phi) is 5.66. The minimum Gasteiger partial charge on any atom is -0.422 e. The van der Waals surface area contributed by atoms with Crippen molar-refractivity contribution >= 4 is 55.4 Å². The lowest BCUT2D eigenvalue weighted by Gasteiger charge is -2.06. The van der Waals surface area contributed by atoms with Crippen molar-refractivity contribution in [1.82, 2.24) is 4.98 Å². The van der Waals surface area contributed by atoms with Crippen LogP contribution >= 0.6 is 27.3 Å². The third kappa shape index (κ3) is 4.26. The number of nitriles is 1. The fourth-order valence-corrected chi connectivity index (χ4v) is 4.07. The summed E-state index contributed by atoms with van der Waals surface area (Å²) in [6.45, 7) is 0. The number of amides is 1. The van der Waals surface area contributed by atoms with Crippen molar-refractivity contribution in [2.45, 2.75) is 0 Å². The first kappa shape index (κ1) is 20.5. The largest absolute Gasteiger partial charge is 0.422 e. The van der Waals surface area contributed by atoms with Crippen LogP contribution in [0.1, 0.15) is 15.4 Å². The molecular formula is C22H13BrN4O3S. The minimum atomic E-state index is -0.582. The van der Waals surface area contributed by atoms with E-state index in [9.17, 15) is 14.9 Å². The summed E-state index contributed by atoms with van der Waals surface area (Å²) in [6, 6.07) is 15.8. The van der Waals surface area contributed by atoms with Gasteiger partial charge in [-0.05, 0) is 36.4 Å². The number of nitrogens with zero attached hydrogens (tertiary/aromatic N) is 2. The Bertz CT molecular complexity index is 1450. The highest BCUT2D eigenvalue weighted by atomic mass is 79.9. The van der Waals surface area contributed by atoms with Crippen LogP contribution in [0.3, 0.4) is 0 Å². The Balaban J connectivity index is 1.68. The summed E-state index contributed by atoms with van der Waals surface area (Å²) in [5.74, 6) is -0.582. The SMILES string of the molecule is N#C/C(=C\Nc1ccccc1C(N)=O)c1nc(-c2cc3cc(Br)ccc3oc2=O)cs1. The highest BCUT2D eigenvalue weighted by Gasteiger charge is 2.14. The zero-order valence-corrected chi connectivity index (χ0v) is 18.2. The highest BCUT2D eigenvalue weighted by Crippen LogP contribution is 2.27. The zero-order chi connectivity index (χ0) is 22.0. The Morgan fingerprint density at radius 2 is 2.06 bits per heavy atom. The van der Waals surface area contributed by atoms with Gasteiger partial charge in [0.1, 0.15) is 22.2 Å². The highest BCUT2D eigenvalue weighted by molar-refractivity contribution is 9.10. The van der Waals surface area contributed by atoms with E-state index in [4.69, 9.17) is 10.2 Å². The number of rotatable bonds is 5. The molecule has 9 heteroatoms. The van der Waals surface area contributed by atoms with E-state index in [-0.39, 0.29) is 5.57 Å². The lowest BCUT2D eigenvalue weighted by Crippen LogP contribution is -2.13. The van der Waals surface area contributed by atoms with Crippen LogP contribution in [0.25, 0.3) is 27.8 Å². The maximum Gasteiger partial charge on any atom is 0.345 e. The van der Waals surface area contributed by atoms with Crippen molar-refractivity contribution in [3.8, 4) is 17.3 Å². The third-order valence-corrected chi connectivity index (χ3v) is 5.76. The summed E-state index contributed by atoms with van der Waals surface area (Å²) in [4.78, 5) is 28.4. The number of allylic oxidation sites excluding steroid dienone is 1. The Hall–Kier alpha value is -3.74. The van der Waals surface area contributed by atoms with Crippen molar-refractivity contribution in [3.05, 3.63) is 85.6 Å². The second-order valence-electron chi connectivity index (χ2n) is 6.39. The molecule has 0 fully saturated rings. The van der Waals surface area contributed by atoms with E-state index in [0.717, 1.165) is 9.86 Å². The number of benzene rings is 2. The number of carbonyl (C=O) groups is 1. The molecule has 2 aromatic heterocycles. The van der Waals surface area contributed by atoms with Crippen LogP contribution in [0, 0.1) is 11.3 Å². The molecule has 3 N–H and O–H groups in total. The second-order valence-corrected chi connectivity index (χ2v) is 8.17.